The van der Waals surface area contributed by atoms with Gasteiger partial charge in [0.1, 0.15) is 5.75 Å². The summed E-state index contributed by atoms with van der Waals surface area (Å²) in [6.07, 6.45) is 0. The van der Waals surface area contributed by atoms with E-state index in [1.807, 2.05) is 31.2 Å². The van der Waals surface area contributed by atoms with Crippen molar-refractivity contribution in [3.05, 3.63) is 59.1 Å². The fraction of sp³-hybridized carbons (Fsp3) is 0.118. The van der Waals surface area contributed by atoms with E-state index in [0.29, 0.717) is 22.9 Å². The van der Waals surface area contributed by atoms with Crippen molar-refractivity contribution in [2.24, 2.45) is 0 Å². The molecule has 6 nitrogen and oxygen atoms in total. The van der Waals surface area contributed by atoms with Gasteiger partial charge in [0, 0.05) is 5.56 Å². The van der Waals surface area contributed by atoms with Crippen molar-refractivity contribution < 1.29 is 14.2 Å². The molecule has 0 unspecified atom stereocenters. The van der Waals surface area contributed by atoms with Gasteiger partial charge in [0.15, 0.2) is 5.69 Å². The Hall–Kier alpha value is -2.86. The number of nitrogens with zero attached hydrogens (tertiary/aromatic N) is 2. The van der Waals surface area contributed by atoms with Gasteiger partial charge in [-0.3, -0.25) is 4.79 Å². The Morgan fingerprint density at radius 3 is 2.62 bits per heavy atom. The van der Waals surface area contributed by atoms with E-state index in [4.69, 9.17) is 21.0 Å². The summed E-state index contributed by atoms with van der Waals surface area (Å²) >= 11 is 6.03. The highest BCUT2D eigenvalue weighted by Crippen LogP contribution is 2.27. The lowest BCUT2D eigenvalue weighted by atomic mass is 10.1. The Morgan fingerprint density at radius 2 is 1.92 bits per heavy atom. The second-order valence-corrected chi connectivity index (χ2v) is 5.26. The average Bonchev–Trinajstić information content (AvgIpc) is 3.04. The number of ether oxygens (including phenoxy) is 1. The number of nitrogens with one attached hydrogen (secondary N) is 1. The lowest BCUT2D eigenvalue weighted by Crippen LogP contribution is -2.13. The zero-order chi connectivity index (χ0) is 16.9. The van der Waals surface area contributed by atoms with Crippen LogP contribution < -0.4 is 10.1 Å². The fourth-order valence-corrected chi connectivity index (χ4v) is 2.38. The van der Waals surface area contributed by atoms with Gasteiger partial charge < -0.3 is 10.1 Å². The van der Waals surface area contributed by atoms with Crippen LogP contribution in [0.1, 0.15) is 17.3 Å². The van der Waals surface area contributed by atoms with Crippen molar-refractivity contribution in [3.63, 3.8) is 0 Å². The van der Waals surface area contributed by atoms with Crippen molar-refractivity contribution in [2.75, 3.05) is 11.9 Å². The van der Waals surface area contributed by atoms with Crippen LogP contribution in [0.3, 0.4) is 0 Å². The van der Waals surface area contributed by atoms with E-state index in [-0.39, 0.29) is 11.7 Å². The van der Waals surface area contributed by atoms with Gasteiger partial charge in [0.05, 0.1) is 17.2 Å². The molecule has 0 radical (unpaired) electrons. The molecule has 122 valence electrons. The van der Waals surface area contributed by atoms with E-state index in [9.17, 15) is 4.79 Å². The number of benzene rings is 2. The van der Waals surface area contributed by atoms with Gasteiger partial charge in [-0.2, -0.15) is 0 Å². The Morgan fingerprint density at radius 1 is 1.17 bits per heavy atom. The van der Waals surface area contributed by atoms with Gasteiger partial charge in [0.2, 0.25) is 5.82 Å². The van der Waals surface area contributed by atoms with E-state index < -0.39 is 0 Å². The van der Waals surface area contributed by atoms with Crippen LogP contribution in [-0.2, 0) is 0 Å². The minimum Gasteiger partial charge on any atom is -0.494 e. The van der Waals surface area contributed by atoms with Crippen molar-refractivity contribution in [1.82, 2.24) is 10.3 Å². The van der Waals surface area contributed by atoms with E-state index in [0.717, 1.165) is 11.3 Å². The highest BCUT2D eigenvalue weighted by atomic mass is 35.5. The third-order valence-corrected chi connectivity index (χ3v) is 3.61. The molecule has 1 N–H and O–H groups in total. The highest BCUT2D eigenvalue weighted by molar-refractivity contribution is 6.34. The molecule has 0 bridgehead atoms. The molecule has 7 heteroatoms. The van der Waals surface area contributed by atoms with Crippen LogP contribution in [0.25, 0.3) is 11.3 Å². The molecule has 0 aliphatic heterocycles. The molecule has 24 heavy (non-hydrogen) atoms. The second-order valence-electron chi connectivity index (χ2n) is 4.85. The monoisotopic (exact) mass is 343 g/mol. The number of aromatic nitrogens is 2. The predicted octanol–water partition coefficient (Wildman–Crippen LogP) is 4.04. The first-order valence-electron chi connectivity index (χ1n) is 7.30. The first kappa shape index (κ1) is 16.0. The number of halogens is 1. The standard InChI is InChI=1S/C17H14ClN3O3/c1-2-23-12-9-7-11(8-10-12)15-16(21-24-20-15)19-17(22)13-5-3-4-6-14(13)18/h3-10H,2H2,1H3,(H,19,21,22). The van der Waals surface area contributed by atoms with Gasteiger partial charge >= 0.3 is 0 Å². The first-order chi connectivity index (χ1) is 11.7. The Labute approximate surface area is 143 Å². The van der Waals surface area contributed by atoms with Crippen LogP contribution >= 0.6 is 11.6 Å². The van der Waals surface area contributed by atoms with Crippen LogP contribution in [0.2, 0.25) is 5.02 Å². The van der Waals surface area contributed by atoms with Crippen LogP contribution in [0.5, 0.6) is 5.75 Å². The quantitative estimate of drug-likeness (QED) is 0.756. The Bertz CT molecular complexity index is 846. The lowest BCUT2D eigenvalue weighted by Gasteiger charge is -2.06. The zero-order valence-corrected chi connectivity index (χ0v) is 13.6. The number of carbonyl (C=O) groups is 1. The second kappa shape index (κ2) is 7.14. The Balaban J connectivity index is 1.83. The minimum absolute atomic E-state index is 0.226. The maximum Gasteiger partial charge on any atom is 0.258 e. The topological polar surface area (TPSA) is 77.2 Å². The number of anilines is 1. The summed E-state index contributed by atoms with van der Waals surface area (Å²) in [4.78, 5) is 12.3. The molecule has 0 saturated heterocycles. The summed E-state index contributed by atoms with van der Waals surface area (Å²) in [5.41, 5.74) is 1.52. The van der Waals surface area contributed by atoms with E-state index in [1.165, 1.54) is 0 Å². The normalized spacial score (nSPS) is 10.4. The van der Waals surface area contributed by atoms with E-state index in [2.05, 4.69) is 15.6 Å². The molecule has 0 atom stereocenters. The number of hydrogen-bond donors (Lipinski definition) is 1. The molecule has 3 rings (SSSR count). The number of hydrogen-bond acceptors (Lipinski definition) is 5. The predicted molar refractivity (Wildman–Crippen MR) is 90.3 cm³/mol. The number of carbonyl (C=O) groups excluding carboxylic acids is 1. The molecule has 2 aromatic carbocycles. The molecule has 3 aromatic rings. The van der Waals surface area contributed by atoms with Gasteiger partial charge in [-0.25, -0.2) is 4.63 Å². The van der Waals surface area contributed by atoms with Crippen LogP contribution in [0, 0.1) is 0 Å². The van der Waals surface area contributed by atoms with E-state index >= 15 is 0 Å². The van der Waals surface area contributed by atoms with Gasteiger partial charge in [-0.05, 0) is 53.6 Å². The molecule has 0 fully saturated rings. The lowest BCUT2D eigenvalue weighted by molar-refractivity contribution is 0.102. The van der Waals surface area contributed by atoms with Crippen molar-refractivity contribution >= 4 is 23.3 Å². The molecular formula is C17H14ClN3O3. The summed E-state index contributed by atoms with van der Waals surface area (Å²) < 4.78 is 10.2. The van der Waals surface area contributed by atoms with Crippen molar-refractivity contribution in [1.29, 1.82) is 0 Å². The Kier molecular flexibility index (Phi) is 4.77. The molecule has 1 heterocycles. The van der Waals surface area contributed by atoms with Crippen molar-refractivity contribution in [2.45, 2.75) is 6.92 Å². The van der Waals surface area contributed by atoms with Crippen LogP contribution in [0.15, 0.2) is 53.2 Å². The van der Waals surface area contributed by atoms with E-state index in [1.54, 1.807) is 24.3 Å². The summed E-state index contributed by atoms with van der Waals surface area (Å²) in [7, 11) is 0. The maximum absolute atomic E-state index is 12.3. The summed E-state index contributed by atoms with van der Waals surface area (Å²) in [6.45, 7) is 2.50. The number of rotatable bonds is 5. The van der Waals surface area contributed by atoms with Crippen LogP contribution in [0.4, 0.5) is 5.82 Å². The molecule has 1 aromatic heterocycles. The van der Waals surface area contributed by atoms with Gasteiger partial charge in [0.25, 0.3) is 5.91 Å². The first-order valence-corrected chi connectivity index (χ1v) is 7.68. The third-order valence-electron chi connectivity index (χ3n) is 3.28. The summed E-state index contributed by atoms with van der Waals surface area (Å²) in [5, 5.41) is 10.6. The molecule has 0 aliphatic rings. The summed E-state index contributed by atoms with van der Waals surface area (Å²) in [6, 6.07) is 14.0. The largest absolute Gasteiger partial charge is 0.494 e. The van der Waals surface area contributed by atoms with Gasteiger partial charge in [-0.1, -0.05) is 23.7 Å². The molecule has 0 saturated carbocycles. The number of amides is 1. The maximum atomic E-state index is 12.3. The average molecular weight is 344 g/mol. The van der Waals surface area contributed by atoms with Crippen molar-refractivity contribution in [3.8, 4) is 17.0 Å². The molecule has 1 amide bonds. The highest BCUT2D eigenvalue weighted by Gasteiger charge is 2.17. The summed E-state index contributed by atoms with van der Waals surface area (Å²) in [5.74, 6) is 0.590. The third kappa shape index (κ3) is 3.38. The fourth-order valence-electron chi connectivity index (χ4n) is 2.16. The minimum atomic E-state index is -0.386. The SMILES string of the molecule is CCOc1ccc(-c2nonc2NC(=O)c2ccccc2Cl)cc1. The molecule has 0 aliphatic carbocycles. The smallest absolute Gasteiger partial charge is 0.258 e. The molecular weight excluding hydrogens is 330 g/mol. The zero-order valence-electron chi connectivity index (χ0n) is 12.8. The molecule has 0 spiro atoms. The van der Waals surface area contributed by atoms with Gasteiger partial charge in [-0.15, -0.1) is 0 Å². The van der Waals surface area contributed by atoms with Crippen LogP contribution in [-0.4, -0.2) is 22.8 Å².